The number of likely N-dealkylation sites (tertiary alicyclic amines) is 1. The fraction of sp³-hybridized carbons (Fsp3) is 0.636. The Morgan fingerprint density at radius 1 is 1.59 bits per heavy atom. The van der Waals surface area contributed by atoms with E-state index in [0.717, 1.165) is 0 Å². The molecule has 0 unspecified atom stereocenters. The summed E-state index contributed by atoms with van der Waals surface area (Å²) in [6, 6.07) is -0.641. The number of hydrogen-bond donors (Lipinski definition) is 1. The van der Waals surface area contributed by atoms with Gasteiger partial charge < -0.3 is 14.7 Å². The summed E-state index contributed by atoms with van der Waals surface area (Å²) in [6.07, 6.45) is 0.426. The summed E-state index contributed by atoms with van der Waals surface area (Å²) >= 11 is 0. The van der Waals surface area contributed by atoms with Crippen LogP contribution in [0.5, 0.6) is 0 Å². The van der Waals surface area contributed by atoms with Crippen LogP contribution in [-0.4, -0.2) is 66.3 Å². The van der Waals surface area contributed by atoms with Crippen molar-refractivity contribution in [2.45, 2.75) is 18.6 Å². The van der Waals surface area contributed by atoms with Gasteiger partial charge in [-0.3, -0.25) is 9.69 Å². The molecule has 0 aromatic carbocycles. The summed E-state index contributed by atoms with van der Waals surface area (Å²) in [5.41, 5.74) is 0. The minimum Gasteiger partial charge on any atom is -0.445 e. The Hall–Kier alpha value is -1.56. The SMILES string of the molecule is C=CCOC(=O)N1C[C@@H](O)C[C@H]1C(=O)N(C)C. The summed E-state index contributed by atoms with van der Waals surface area (Å²) in [5, 5.41) is 9.53. The number of likely N-dealkylation sites (N-methyl/N-ethyl adjacent to an activating group) is 1. The highest BCUT2D eigenvalue weighted by Crippen LogP contribution is 2.20. The second kappa shape index (κ2) is 5.67. The lowest BCUT2D eigenvalue weighted by molar-refractivity contribution is -0.133. The zero-order chi connectivity index (χ0) is 13.0. The van der Waals surface area contributed by atoms with Crippen LogP contribution in [0.1, 0.15) is 6.42 Å². The van der Waals surface area contributed by atoms with Gasteiger partial charge in [0, 0.05) is 20.5 Å². The van der Waals surface area contributed by atoms with E-state index >= 15 is 0 Å². The third-order valence-corrected chi connectivity index (χ3v) is 2.56. The number of aliphatic hydroxyl groups excluding tert-OH is 1. The van der Waals surface area contributed by atoms with E-state index in [1.807, 2.05) is 0 Å². The van der Waals surface area contributed by atoms with Crippen molar-refractivity contribution in [2.75, 3.05) is 27.2 Å². The summed E-state index contributed by atoms with van der Waals surface area (Å²) < 4.78 is 4.87. The molecule has 1 heterocycles. The molecule has 1 aliphatic rings. The van der Waals surface area contributed by atoms with Crippen molar-refractivity contribution in [3.63, 3.8) is 0 Å². The van der Waals surface area contributed by atoms with Gasteiger partial charge >= 0.3 is 6.09 Å². The standard InChI is InChI=1S/C11H18N2O4/c1-4-5-17-11(16)13-7-8(14)6-9(13)10(15)12(2)3/h4,8-9,14H,1,5-7H2,2-3H3/t8-,9-/m0/s1. The molecule has 6 heteroatoms. The number of amides is 2. The zero-order valence-corrected chi connectivity index (χ0v) is 10.1. The molecule has 1 aliphatic heterocycles. The molecule has 0 aromatic rings. The highest BCUT2D eigenvalue weighted by atomic mass is 16.6. The van der Waals surface area contributed by atoms with Crippen LogP contribution in [0.25, 0.3) is 0 Å². The van der Waals surface area contributed by atoms with Gasteiger partial charge in [0.25, 0.3) is 0 Å². The lowest BCUT2D eigenvalue weighted by Gasteiger charge is -2.24. The Bertz CT molecular complexity index is 317. The highest BCUT2D eigenvalue weighted by Gasteiger charge is 2.40. The van der Waals surface area contributed by atoms with E-state index in [0.29, 0.717) is 0 Å². The third-order valence-electron chi connectivity index (χ3n) is 2.56. The molecule has 17 heavy (non-hydrogen) atoms. The Morgan fingerprint density at radius 3 is 2.76 bits per heavy atom. The largest absolute Gasteiger partial charge is 0.445 e. The maximum atomic E-state index is 11.8. The number of carbonyl (C=O) groups is 2. The van der Waals surface area contributed by atoms with Gasteiger partial charge in [0.2, 0.25) is 5.91 Å². The van der Waals surface area contributed by atoms with E-state index < -0.39 is 18.2 Å². The topological polar surface area (TPSA) is 70.1 Å². The van der Waals surface area contributed by atoms with Gasteiger partial charge in [0.05, 0.1) is 12.6 Å². The van der Waals surface area contributed by atoms with Gasteiger partial charge in [0.15, 0.2) is 0 Å². The molecular weight excluding hydrogens is 224 g/mol. The molecule has 0 saturated carbocycles. The third kappa shape index (κ3) is 3.20. The van der Waals surface area contributed by atoms with Crippen molar-refractivity contribution in [1.82, 2.24) is 9.80 Å². The van der Waals surface area contributed by atoms with Crippen LogP contribution in [0, 0.1) is 0 Å². The maximum absolute atomic E-state index is 11.8. The monoisotopic (exact) mass is 242 g/mol. The van der Waals surface area contributed by atoms with Crippen LogP contribution in [-0.2, 0) is 9.53 Å². The number of hydrogen-bond acceptors (Lipinski definition) is 4. The van der Waals surface area contributed by atoms with Gasteiger partial charge in [0.1, 0.15) is 12.6 Å². The Morgan fingerprint density at radius 2 is 2.24 bits per heavy atom. The van der Waals surface area contributed by atoms with Crippen molar-refractivity contribution in [1.29, 1.82) is 0 Å². The molecule has 96 valence electrons. The number of rotatable bonds is 3. The van der Waals surface area contributed by atoms with E-state index in [-0.39, 0.29) is 25.5 Å². The van der Waals surface area contributed by atoms with Gasteiger partial charge in [-0.25, -0.2) is 4.79 Å². The van der Waals surface area contributed by atoms with Crippen LogP contribution in [0.2, 0.25) is 0 Å². The quantitative estimate of drug-likeness (QED) is 0.698. The average molecular weight is 242 g/mol. The highest BCUT2D eigenvalue weighted by molar-refractivity contribution is 5.86. The Labute approximate surface area is 100 Å². The molecule has 1 N–H and O–H groups in total. The molecule has 0 bridgehead atoms. The lowest BCUT2D eigenvalue weighted by Crippen LogP contribution is -2.45. The first kappa shape index (κ1) is 13.5. The molecule has 0 spiro atoms. The number of ether oxygens (including phenoxy) is 1. The first-order valence-electron chi connectivity index (χ1n) is 5.41. The van der Waals surface area contributed by atoms with Crippen LogP contribution >= 0.6 is 0 Å². The fourth-order valence-electron chi connectivity index (χ4n) is 1.76. The molecule has 0 aliphatic carbocycles. The van der Waals surface area contributed by atoms with Crippen molar-refractivity contribution >= 4 is 12.0 Å². The summed E-state index contributed by atoms with van der Waals surface area (Å²) in [7, 11) is 3.22. The van der Waals surface area contributed by atoms with E-state index in [1.165, 1.54) is 15.9 Å². The van der Waals surface area contributed by atoms with Crippen molar-refractivity contribution < 1.29 is 19.4 Å². The van der Waals surface area contributed by atoms with Gasteiger partial charge in [-0.05, 0) is 0 Å². The Kier molecular flexibility index (Phi) is 4.51. The molecule has 2 amide bonds. The normalized spacial score (nSPS) is 23.4. The number of β-amino-alcohol motifs (C(OH)–C–C–N with tert-alkyl or cyclic N) is 1. The molecule has 1 saturated heterocycles. The van der Waals surface area contributed by atoms with Crippen LogP contribution < -0.4 is 0 Å². The minimum absolute atomic E-state index is 0.0916. The van der Waals surface area contributed by atoms with Gasteiger partial charge in [-0.1, -0.05) is 12.7 Å². The predicted molar refractivity (Wildman–Crippen MR) is 61.4 cm³/mol. The molecular formula is C11H18N2O4. The first-order chi connectivity index (χ1) is 7.97. The second-order valence-corrected chi connectivity index (χ2v) is 4.16. The van der Waals surface area contributed by atoms with E-state index in [9.17, 15) is 14.7 Å². The zero-order valence-electron chi connectivity index (χ0n) is 10.1. The molecule has 0 aromatic heterocycles. The van der Waals surface area contributed by atoms with Gasteiger partial charge in [-0.2, -0.15) is 0 Å². The van der Waals surface area contributed by atoms with E-state index in [1.54, 1.807) is 14.1 Å². The molecule has 2 atom stereocenters. The number of aliphatic hydroxyl groups is 1. The Balaban J connectivity index is 2.71. The summed E-state index contributed by atoms with van der Waals surface area (Å²) in [4.78, 5) is 26.1. The van der Waals surface area contributed by atoms with Crippen LogP contribution in [0.4, 0.5) is 4.79 Å². The van der Waals surface area contributed by atoms with Crippen molar-refractivity contribution in [2.24, 2.45) is 0 Å². The molecule has 6 nitrogen and oxygen atoms in total. The van der Waals surface area contributed by atoms with Crippen molar-refractivity contribution in [3.05, 3.63) is 12.7 Å². The minimum atomic E-state index is -0.680. The van der Waals surface area contributed by atoms with Crippen LogP contribution in [0.15, 0.2) is 12.7 Å². The lowest BCUT2D eigenvalue weighted by atomic mass is 10.2. The summed E-state index contributed by atoms with van der Waals surface area (Å²) in [5.74, 6) is -0.211. The molecule has 1 fully saturated rings. The fourth-order valence-corrected chi connectivity index (χ4v) is 1.76. The van der Waals surface area contributed by atoms with E-state index in [4.69, 9.17) is 4.74 Å². The van der Waals surface area contributed by atoms with Gasteiger partial charge in [-0.15, -0.1) is 0 Å². The number of nitrogens with zero attached hydrogens (tertiary/aromatic N) is 2. The molecule has 0 radical (unpaired) electrons. The van der Waals surface area contributed by atoms with Crippen molar-refractivity contribution in [3.8, 4) is 0 Å². The first-order valence-corrected chi connectivity index (χ1v) is 5.41. The van der Waals surface area contributed by atoms with Crippen LogP contribution in [0.3, 0.4) is 0 Å². The second-order valence-electron chi connectivity index (χ2n) is 4.16. The smallest absolute Gasteiger partial charge is 0.410 e. The summed E-state index contributed by atoms with van der Waals surface area (Å²) in [6.45, 7) is 3.65. The molecule has 1 rings (SSSR count). The average Bonchev–Trinajstić information content (AvgIpc) is 2.66. The van der Waals surface area contributed by atoms with E-state index in [2.05, 4.69) is 6.58 Å². The maximum Gasteiger partial charge on any atom is 0.410 e. The predicted octanol–water partition coefficient (Wildman–Crippen LogP) is -0.168. The number of carbonyl (C=O) groups excluding carboxylic acids is 2.